The molecule has 1 rings (SSSR count). The van der Waals surface area contributed by atoms with Gasteiger partial charge in [0, 0.05) is 6.61 Å². The number of rotatable bonds is 0. The first kappa shape index (κ1) is 7.07. The van der Waals surface area contributed by atoms with Crippen molar-refractivity contribution in [3.05, 3.63) is 0 Å². The maximum absolute atomic E-state index is 5.54. The maximum atomic E-state index is 5.54. The summed E-state index contributed by atoms with van der Waals surface area (Å²) in [5.41, 5.74) is 0.150. The molecule has 0 unspecified atom stereocenters. The van der Waals surface area contributed by atoms with Crippen LogP contribution in [0.25, 0.3) is 0 Å². The molecule has 0 spiro atoms. The van der Waals surface area contributed by atoms with Crippen molar-refractivity contribution >= 4 is 0 Å². The van der Waals surface area contributed by atoms with E-state index in [1.54, 1.807) is 0 Å². The fourth-order valence-electron chi connectivity index (χ4n) is 1.54. The Labute approximate surface area is 57.4 Å². The molecule has 1 heteroatoms. The minimum atomic E-state index is 0.150. The number of hydrogen-bond acceptors (Lipinski definition) is 1. The summed E-state index contributed by atoms with van der Waals surface area (Å²) in [6.07, 6.45) is 2.45. The number of ether oxygens (including phenoxy) is 1. The van der Waals surface area contributed by atoms with E-state index in [9.17, 15) is 0 Å². The molecule has 0 aromatic carbocycles. The lowest BCUT2D eigenvalue weighted by molar-refractivity contribution is -0.0690. The molecule has 1 nitrogen and oxygen atoms in total. The fraction of sp³-hybridized carbons (Fsp3) is 1.00. The third-order valence-corrected chi connectivity index (χ3v) is 1.94. The van der Waals surface area contributed by atoms with Gasteiger partial charge in [-0.2, -0.15) is 0 Å². The quantitative estimate of drug-likeness (QED) is 0.486. The average molecular weight is 128 g/mol. The Bertz CT molecular complexity index is 96.7. The summed E-state index contributed by atoms with van der Waals surface area (Å²) in [5, 5.41) is 0. The van der Waals surface area contributed by atoms with E-state index in [-0.39, 0.29) is 5.60 Å². The van der Waals surface area contributed by atoms with Gasteiger partial charge < -0.3 is 4.74 Å². The lowest BCUT2D eigenvalue weighted by atomic mass is 9.90. The second-order valence-electron chi connectivity index (χ2n) is 3.71. The standard InChI is InChI=1S/C8H16O/c1-7-4-5-9-8(2,3)6-7/h7H,4-6H2,1-3H3/t7-/m0/s1. The van der Waals surface area contributed by atoms with Crippen molar-refractivity contribution < 1.29 is 4.74 Å². The van der Waals surface area contributed by atoms with Gasteiger partial charge in [0.05, 0.1) is 5.60 Å². The Balaban J connectivity index is 2.41. The minimum Gasteiger partial charge on any atom is -0.376 e. The van der Waals surface area contributed by atoms with E-state index in [2.05, 4.69) is 20.8 Å². The van der Waals surface area contributed by atoms with Gasteiger partial charge in [-0.3, -0.25) is 0 Å². The van der Waals surface area contributed by atoms with Gasteiger partial charge in [0.2, 0.25) is 0 Å². The molecule has 1 aliphatic heterocycles. The zero-order valence-electron chi connectivity index (χ0n) is 6.61. The SMILES string of the molecule is C[C@H]1CCOC(C)(C)C1. The van der Waals surface area contributed by atoms with Crippen LogP contribution in [0.15, 0.2) is 0 Å². The van der Waals surface area contributed by atoms with E-state index >= 15 is 0 Å². The molecule has 0 N–H and O–H groups in total. The Kier molecular flexibility index (Phi) is 1.80. The van der Waals surface area contributed by atoms with Crippen LogP contribution in [0.2, 0.25) is 0 Å². The molecular weight excluding hydrogens is 112 g/mol. The second kappa shape index (κ2) is 2.30. The first-order chi connectivity index (χ1) is 4.10. The molecule has 1 aliphatic rings. The number of hydrogen-bond donors (Lipinski definition) is 0. The van der Waals surface area contributed by atoms with E-state index in [1.807, 2.05) is 0 Å². The van der Waals surface area contributed by atoms with Crippen molar-refractivity contribution in [2.45, 2.75) is 39.2 Å². The molecular formula is C8H16O. The monoisotopic (exact) mass is 128 g/mol. The zero-order valence-corrected chi connectivity index (χ0v) is 6.61. The highest BCUT2D eigenvalue weighted by Crippen LogP contribution is 2.27. The van der Waals surface area contributed by atoms with Crippen LogP contribution in [0.3, 0.4) is 0 Å². The summed E-state index contributed by atoms with van der Waals surface area (Å²) in [7, 11) is 0. The Hall–Kier alpha value is -0.0400. The van der Waals surface area contributed by atoms with E-state index in [0.717, 1.165) is 12.5 Å². The predicted octanol–water partition coefficient (Wildman–Crippen LogP) is 2.21. The van der Waals surface area contributed by atoms with Gasteiger partial charge in [0.25, 0.3) is 0 Å². The lowest BCUT2D eigenvalue weighted by Crippen LogP contribution is -2.32. The van der Waals surface area contributed by atoms with Crippen molar-refractivity contribution in [3.8, 4) is 0 Å². The Morgan fingerprint density at radius 3 is 2.44 bits per heavy atom. The molecule has 0 aromatic heterocycles. The van der Waals surface area contributed by atoms with Crippen molar-refractivity contribution in [1.29, 1.82) is 0 Å². The first-order valence-electron chi connectivity index (χ1n) is 3.74. The van der Waals surface area contributed by atoms with Gasteiger partial charge in [0.1, 0.15) is 0 Å². The van der Waals surface area contributed by atoms with Gasteiger partial charge in [-0.05, 0) is 32.6 Å². The molecule has 0 aliphatic carbocycles. The largest absolute Gasteiger partial charge is 0.376 e. The van der Waals surface area contributed by atoms with E-state index in [0.29, 0.717) is 0 Å². The van der Waals surface area contributed by atoms with Crippen LogP contribution in [-0.2, 0) is 4.74 Å². The molecule has 0 bridgehead atoms. The smallest absolute Gasteiger partial charge is 0.0629 e. The topological polar surface area (TPSA) is 9.23 Å². The molecule has 54 valence electrons. The van der Waals surface area contributed by atoms with Crippen molar-refractivity contribution in [2.75, 3.05) is 6.61 Å². The lowest BCUT2D eigenvalue weighted by Gasteiger charge is -2.33. The van der Waals surface area contributed by atoms with Gasteiger partial charge in [-0.15, -0.1) is 0 Å². The second-order valence-corrected chi connectivity index (χ2v) is 3.71. The molecule has 9 heavy (non-hydrogen) atoms. The van der Waals surface area contributed by atoms with Crippen LogP contribution in [-0.4, -0.2) is 12.2 Å². The molecule has 1 fully saturated rings. The predicted molar refractivity (Wildman–Crippen MR) is 38.4 cm³/mol. The zero-order chi connectivity index (χ0) is 6.91. The Morgan fingerprint density at radius 2 is 2.11 bits per heavy atom. The molecule has 0 radical (unpaired) electrons. The summed E-state index contributed by atoms with van der Waals surface area (Å²) >= 11 is 0. The van der Waals surface area contributed by atoms with Gasteiger partial charge in [-0.25, -0.2) is 0 Å². The highest BCUT2D eigenvalue weighted by Gasteiger charge is 2.25. The molecule has 0 aromatic rings. The summed E-state index contributed by atoms with van der Waals surface area (Å²) in [4.78, 5) is 0. The summed E-state index contributed by atoms with van der Waals surface area (Å²) < 4.78 is 5.54. The van der Waals surface area contributed by atoms with Crippen LogP contribution in [0.4, 0.5) is 0 Å². The third kappa shape index (κ3) is 1.98. The van der Waals surface area contributed by atoms with Crippen molar-refractivity contribution in [3.63, 3.8) is 0 Å². The summed E-state index contributed by atoms with van der Waals surface area (Å²) in [5.74, 6) is 0.855. The van der Waals surface area contributed by atoms with Gasteiger partial charge >= 0.3 is 0 Å². The van der Waals surface area contributed by atoms with Crippen molar-refractivity contribution in [2.24, 2.45) is 5.92 Å². The summed E-state index contributed by atoms with van der Waals surface area (Å²) in [6.45, 7) is 7.59. The van der Waals surface area contributed by atoms with Gasteiger partial charge in [0.15, 0.2) is 0 Å². The highest BCUT2D eigenvalue weighted by atomic mass is 16.5. The van der Waals surface area contributed by atoms with E-state index in [4.69, 9.17) is 4.74 Å². The van der Waals surface area contributed by atoms with Crippen LogP contribution in [0, 0.1) is 5.92 Å². The van der Waals surface area contributed by atoms with E-state index < -0.39 is 0 Å². The van der Waals surface area contributed by atoms with Crippen LogP contribution in [0.5, 0.6) is 0 Å². The van der Waals surface area contributed by atoms with Gasteiger partial charge in [-0.1, -0.05) is 6.92 Å². The average Bonchev–Trinajstić information content (AvgIpc) is 1.60. The van der Waals surface area contributed by atoms with Crippen LogP contribution >= 0.6 is 0 Å². The van der Waals surface area contributed by atoms with Crippen LogP contribution in [0.1, 0.15) is 33.6 Å². The van der Waals surface area contributed by atoms with E-state index in [1.165, 1.54) is 12.8 Å². The molecule has 1 heterocycles. The fourth-order valence-corrected chi connectivity index (χ4v) is 1.54. The summed E-state index contributed by atoms with van der Waals surface area (Å²) in [6, 6.07) is 0. The minimum absolute atomic E-state index is 0.150. The Morgan fingerprint density at radius 1 is 1.44 bits per heavy atom. The molecule has 0 amide bonds. The molecule has 0 saturated carbocycles. The third-order valence-electron chi connectivity index (χ3n) is 1.94. The normalized spacial score (nSPS) is 34.3. The molecule has 1 atom stereocenters. The van der Waals surface area contributed by atoms with Crippen molar-refractivity contribution in [1.82, 2.24) is 0 Å². The maximum Gasteiger partial charge on any atom is 0.0629 e. The molecule has 1 saturated heterocycles. The first-order valence-corrected chi connectivity index (χ1v) is 3.74. The highest BCUT2D eigenvalue weighted by molar-refractivity contribution is 4.75. The van der Waals surface area contributed by atoms with Crippen LogP contribution < -0.4 is 0 Å².